The van der Waals surface area contributed by atoms with Crippen LogP contribution in [0.15, 0.2) is 41.3 Å². The summed E-state index contributed by atoms with van der Waals surface area (Å²) in [6.07, 6.45) is 6.95. The third-order valence-corrected chi connectivity index (χ3v) is 5.89. The standard InChI is InChI=1S/C20H28ClN5O/c1-3-19(15-5-7-16(21)8-6-15)26(4-2)14-18(13-23-26)24-17-9-11-25(12-10-17)20(22)27/h5-8,13-14,17,19,24H,3-4,9-12H2,1-2H3,(H-,22,27)/p+1. The molecule has 6 nitrogen and oxygen atoms in total. The molecule has 2 aliphatic heterocycles. The van der Waals surface area contributed by atoms with Crippen molar-refractivity contribution in [1.82, 2.24) is 10.2 Å². The van der Waals surface area contributed by atoms with Crippen LogP contribution < -0.4 is 11.1 Å². The van der Waals surface area contributed by atoms with Gasteiger partial charge in [0.2, 0.25) is 0 Å². The minimum Gasteiger partial charge on any atom is -0.376 e. The molecule has 1 saturated heterocycles. The molecule has 2 heterocycles. The van der Waals surface area contributed by atoms with Gasteiger partial charge >= 0.3 is 6.03 Å². The third kappa shape index (κ3) is 4.28. The summed E-state index contributed by atoms with van der Waals surface area (Å²) in [5, 5.41) is 9.24. The second kappa shape index (κ2) is 8.31. The molecule has 2 atom stereocenters. The molecule has 0 spiro atoms. The van der Waals surface area contributed by atoms with E-state index >= 15 is 0 Å². The van der Waals surface area contributed by atoms with Crippen molar-refractivity contribution in [2.45, 2.75) is 45.2 Å². The first-order chi connectivity index (χ1) is 13.0. The number of rotatable bonds is 6. The topological polar surface area (TPSA) is 70.7 Å². The Kier molecular flexibility index (Phi) is 6.07. The van der Waals surface area contributed by atoms with Crippen LogP contribution in [0.4, 0.5) is 4.79 Å². The number of nitrogens with two attached hydrogens (primary N) is 1. The van der Waals surface area contributed by atoms with Crippen LogP contribution >= 0.6 is 11.6 Å². The number of piperidine rings is 1. The molecule has 27 heavy (non-hydrogen) atoms. The Morgan fingerprint density at radius 3 is 2.56 bits per heavy atom. The minimum absolute atomic E-state index is 0.250. The SMILES string of the molecule is CCC(c1ccc(Cl)cc1)[N+]1(CC)C=C(NC2CCN(C(N)=O)CC2)C=N1. The highest BCUT2D eigenvalue weighted by atomic mass is 35.5. The first-order valence-corrected chi connectivity index (χ1v) is 10.1. The van der Waals surface area contributed by atoms with Gasteiger partial charge in [0.25, 0.3) is 0 Å². The highest BCUT2D eigenvalue weighted by Crippen LogP contribution is 2.36. The molecule has 1 fully saturated rings. The van der Waals surface area contributed by atoms with Crippen molar-refractivity contribution < 1.29 is 9.39 Å². The van der Waals surface area contributed by atoms with Gasteiger partial charge in [0.05, 0.1) is 0 Å². The number of amides is 2. The van der Waals surface area contributed by atoms with E-state index in [4.69, 9.17) is 22.4 Å². The van der Waals surface area contributed by atoms with E-state index in [0.29, 0.717) is 23.7 Å². The summed E-state index contributed by atoms with van der Waals surface area (Å²) in [6, 6.07) is 8.35. The normalized spacial score (nSPS) is 24.0. The molecule has 0 aromatic heterocycles. The zero-order valence-electron chi connectivity index (χ0n) is 16.1. The van der Waals surface area contributed by atoms with Crippen LogP contribution in [0.2, 0.25) is 5.02 Å². The van der Waals surface area contributed by atoms with Crippen molar-refractivity contribution in [3.8, 4) is 0 Å². The number of primary amides is 1. The zero-order valence-corrected chi connectivity index (χ0v) is 16.8. The smallest absolute Gasteiger partial charge is 0.314 e. The average Bonchev–Trinajstić information content (AvgIpc) is 3.08. The van der Waals surface area contributed by atoms with E-state index in [1.165, 1.54) is 5.56 Å². The number of likely N-dealkylation sites (tertiary alicyclic amines) is 1. The number of hydrogen-bond donors (Lipinski definition) is 2. The van der Waals surface area contributed by atoms with E-state index in [0.717, 1.165) is 36.5 Å². The van der Waals surface area contributed by atoms with Crippen LogP contribution in [0.25, 0.3) is 0 Å². The quantitative estimate of drug-likeness (QED) is 0.728. The number of allylic oxidation sites excluding steroid dienone is 1. The molecule has 2 amide bonds. The monoisotopic (exact) mass is 390 g/mol. The number of carbonyl (C=O) groups excluding carboxylic acids is 1. The fourth-order valence-electron chi connectivity index (χ4n) is 4.09. The molecule has 1 aromatic rings. The molecule has 1 aromatic carbocycles. The van der Waals surface area contributed by atoms with Crippen molar-refractivity contribution in [2.24, 2.45) is 10.8 Å². The van der Waals surface area contributed by atoms with Crippen molar-refractivity contribution in [3.63, 3.8) is 0 Å². The Morgan fingerprint density at radius 1 is 1.33 bits per heavy atom. The number of nitrogens with one attached hydrogen (secondary N) is 1. The van der Waals surface area contributed by atoms with Gasteiger partial charge in [-0.15, -0.1) is 0 Å². The number of quaternary nitrogens is 1. The predicted octanol–water partition coefficient (Wildman–Crippen LogP) is 3.60. The zero-order chi connectivity index (χ0) is 19.4. The second-order valence-corrected chi connectivity index (χ2v) is 7.69. The van der Waals surface area contributed by atoms with Crippen molar-refractivity contribution >= 4 is 23.8 Å². The van der Waals surface area contributed by atoms with Crippen LogP contribution in [0.5, 0.6) is 0 Å². The maximum absolute atomic E-state index is 11.3. The van der Waals surface area contributed by atoms with Gasteiger partial charge in [0.15, 0.2) is 0 Å². The highest BCUT2D eigenvalue weighted by molar-refractivity contribution is 6.30. The van der Waals surface area contributed by atoms with Crippen LogP contribution in [-0.2, 0) is 0 Å². The summed E-state index contributed by atoms with van der Waals surface area (Å²) in [5.41, 5.74) is 7.67. The van der Waals surface area contributed by atoms with Crippen LogP contribution in [0.3, 0.4) is 0 Å². The molecular weight excluding hydrogens is 362 g/mol. The van der Waals surface area contributed by atoms with Crippen molar-refractivity contribution in [2.75, 3.05) is 19.6 Å². The molecule has 3 N–H and O–H groups in total. The van der Waals surface area contributed by atoms with Crippen LogP contribution in [0.1, 0.15) is 44.7 Å². The molecule has 0 bridgehead atoms. The Labute approximate surface area is 166 Å². The number of hydrogen-bond acceptors (Lipinski definition) is 3. The molecule has 2 aliphatic rings. The summed E-state index contributed by atoms with van der Waals surface area (Å²) in [6.45, 7) is 6.65. The molecule has 3 rings (SSSR count). The lowest BCUT2D eigenvalue weighted by molar-refractivity contribution is -0.913. The molecular formula is C20H29ClN5O+. The minimum atomic E-state index is -0.328. The van der Waals surface area contributed by atoms with Crippen LogP contribution in [0, 0.1) is 0 Å². The Balaban J connectivity index is 1.72. The van der Waals surface area contributed by atoms with Crippen LogP contribution in [-0.4, -0.2) is 47.4 Å². The third-order valence-electron chi connectivity index (χ3n) is 5.64. The highest BCUT2D eigenvalue weighted by Gasteiger charge is 2.38. The summed E-state index contributed by atoms with van der Waals surface area (Å²) in [4.78, 5) is 13.0. The number of urea groups is 1. The van der Waals surface area contributed by atoms with E-state index in [-0.39, 0.29) is 12.1 Å². The second-order valence-electron chi connectivity index (χ2n) is 7.25. The number of nitrogens with zero attached hydrogens (tertiary/aromatic N) is 3. The van der Waals surface area contributed by atoms with Gasteiger partial charge in [-0.2, -0.15) is 4.59 Å². The Bertz CT molecular complexity index is 724. The molecule has 2 unspecified atom stereocenters. The summed E-state index contributed by atoms with van der Waals surface area (Å²) < 4.78 is 0.556. The molecule has 0 aliphatic carbocycles. The lowest BCUT2D eigenvalue weighted by Gasteiger charge is -2.33. The number of halogens is 1. The first-order valence-electron chi connectivity index (χ1n) is 9.69. The van der Waals surface area contributed by atoms with Crippen molar-refractivity contribution in [1.29, 1.82) is 0 Å². The van der Waals surface area contributed by atoms with E-state index in [2.05, 4.69) is 37.5 Å². The van der Waals surface area contributed by atoms with E-state index in [1.54, 1.807) is 4.90 Å². The van der Waals surface area contributed by atoms with E-state index in [9.17, 15) is 4.79 Å². The molecule has 0 radical (unpaired) electrons. The van der Waals surface area contributed by atoms with Gasteiger partial charge in [-0.1, -0.05) is 35.8 Å². The van der Waals surface area contributed by atoms with E-state index < -0.39 is 0 Å². The average molecular weight is 391 g/mol. The lowest BCUT2D eigenvalue weighted by atomic mass is 10.0. The lowest BCUT2D eigenvalue weighted by Crippen LogP contribution is -2.46. The largest absolute Gasteiger partial charge is 0.376 e. The number of benzene rings is 1. The molecule has 0 saturated carbocycles. The van der Waals surface area contributed by atoms with Crippen molar-refractivity contribution in [3.05, 3.63) is 46.7 Å². The van der Waals surface area contributed by atoms with Gasteiger partial charge in [0, 0.05) is 36.1 Å². The first kappa shape index (κ1) is 19.7. The maximum Gasteiger partial charge on any atom is 0.314 e. The maximum atomic E-state index is 11.3. The summed E-state index contributed by atoms with van der Waals surface area (Å²) >= 11 is 6.06. The fourth-order valence-corrected chi connectivity index (χ4v) is 4.22. The predicted molar refractivity (Wildman–Crippen MR) is 109 cm³/mol. The molecule has 7 heteroatoms. The Morgan fingerprint density at radius 2 is 2.00 bits per heavy atom. The fraction of sp³-hybridized carbons (Fsp3) is 0.500. The van der Waals surface area contributed by atoms with Gasteiger partial charge in [-0.25, -0.2) is 4.79 Å². The molecule has 146 valence electrons. The van der Waals surface area contributed by atoms with Gasteiger partial charge in [0.1, 0.15) is 30.7 Å². The summed E-state index contributed by atoms with van der Waals surface area (Å²) in [7, 11) is 0. The number of carbonyl (C=O) groups is 1. The summed E-state index contributed by atoms with van der Waals surface area (Å²) in [5.74, 6) is 0. The van der Waals surface area contributed by atoms with Gasteiger partial charge in [-0.05, 0) is 31.9 Å². The van der Waals surface area contributed by atoms with Gasteiger partial charge in [-0.3, -0.25) is 0 Å². The van der Waals surface area contributed by atoms with E-state index in [1.807, 2.05) is 18.3 Å². The van der Waals surface area contributed by atoms with Gasteiger partial charge < -0.3 is 16.0 Å². The Hall–Kier alpha value is -2.05.